The van der Waals surface area contributed by atoms with Crippen LogP contribution in [0.1, 0.15) is 31.1 Å². The molecular formula is C19H20BrClN2O3. The van der Waals surface area contributed by atoms with Crippen LogP contribution in [-0.4, -0.2) is 24.0 Å². The molecule has 2 rings (SSSR count). The molecule has 5 nitrogen and oxygen atoms in total. The second-order valence-electron chi connectivity index (χ2n) is 6.70. The van der Waals surface area contributed by atoms with Gasteiger partial charge in [-0.3, -0.25) is 9.59 Å². The van der Waals surface area contributed by atoms with Crippen molar-refractivity contribution in [3.63, 3.8) is 0 Å². The number of rotatable bonds is 5. The number of hydrogen-bond acceptors (Lipinski definition) is 3. The lowest BCUT2D eigenvalue weighted by Crippen LogP contribution is -2.40. The summed E-state index contributed by atoms with van der Waals surface area (Å²) in [7, 11) is 0. The Hall–Kier alpha value is -2.05. The average Bonchev–Trinajstić information content (AvgIpc) is 2.52. The summed E-state index contributed by atoms with van der Waals surface area (Å²) in [6.07, 6.45) is 0. The van der Waals surface area contributed by atoms with E-state index < -0.39 is 0 Å². The van der Waals surface area contributed by atoms with Gasteiger partial charge in [0, 0.05) is 21.3 Å². The van der Waals surface area contributed by atoms with Crippen molar-refractivity contribution >= 4 is 45.0 Å². The molecule has 0 spiro atoms. The van der Waals surface area contributed by atoms with Crippen LogP contribution in [0.5, 0.6) is 5.75 Å². The SMILES string of the molecule is CC(C)(C)NC(=O)c1cccc(NC(=O)COc2ccc(Br)cc2Cl)c1. The Labute approximate surface area is 166 Å². The lowest BCUT2D eigenvalue weighted by Gasteiger charge is -2.20. The van der Waals surface area contributed by atoms with Gasteiger partial charge in [0.15, 0.2) is 6.61 Å². The molecule has 0 saturated carbocycles. The number of ether oxygens (including phenoxy) is 1. The van der Waals surface area contributed by atoms with E-state index in [2.05, 4.69) is 26.6 Å². The van der Waals surface area contributed by atoms with E-state index in [0.29, 0.717) is 22.0 Å². The summed E-state index contributed by atoms with van der Waals surface area (Å²) in [6.45, 7) is 5.52. The fourth-order valence-corrected chi connectivity index (χ4v) is 2.81. The molecule has 0 fully saturated rings. The minimum absolute atomic E-state index is 0.195. The van der Waals surface area contributed by atoms with Gasteiger partial charge in [-0.25, -0.2) is 0 Å². The van der Waals surface area contributed by atoms with Crippen molar-refractivity contribution < 1.29 is 14.3 Å². The minimum Gasteiger partial charge on any atom is -0.482 e. The molecule has 0 bridgehead atoms. The largest absolute Gasteiger partial charge is 0.482 e. The van der Waals surface area contributed by atoms with Gasteiger partial charge in [0.2, 0.25) is 0 Å². The summed E-state index contributed by atoms with van der Waals surface area (Å²) < 4.78 is 6.25. The fourth-order valence-electron chi connectivity index (χ4n) is 2.08. The average molecular weight is 440 g/mol. The second-order valence-corrected chi connectivity index (χ2v) is 8.02. The molecule has 2 N–H and O–H groups in total. The first kappa shape index (κ1) is 20.3. The molecular weight excluding hydrogens is 420 g/mol. The van der Waals surface area contributed by atoms with Crippen molar-refractivity contribution in [3.05, 3.63) is 57.5 Å². The molecule has 26 heavy (non-hydrogen) atoms. The van der Waals surface area contributed by atoms with Crippen molar-refractivity contribution in [2.24, 2.45) is 0 Å². The Morgan fingerprint density at radius 2 is 1.88 bits per heavy atom. The molecule has 0 heterocycles. The summed E-state index contributed by atoms with van der Waals surface area (Å²) in [5.41, 5.74) is 0.644. The molecule has 0 aliphatic heterocycles. The first-order chi connectivity index (χ1) is 12.1. The number of benzene rings is 2. The van der Waals surface area contributed by atoms with Crippen molar-refractivity contribution in [2.45, 2.75) is 26.3 Å². The Kier molecular flexibility index (Phi) is 6.67. The van der Waals surface area contributed by atoms with Crippen LogP contribution in [0.2, 0.25) is 5.02 Å². The van der Waals surface area contributed by atoms with Gasteiger partial charge >= 0.3 is 0 Å². The topological polar surface area (TPSA) is 67.4 Å². The van der Waals surface area contributed by atoms with Crippen LogP contribution in [0.25, 0.3) is 0 Å². The van der Waals surface area contributed by atoms with Crippen LogP contribution in [0.4, 0.5) is 5.69 Å². The van der Waals surface area contributed by atoms with Gasteiger partial charge < -0.3 is 15.4 Å². The van der Waals surface area contributed by atoms with E-state index in [1.807, 2.05) is 20.8 Å². The van der Waals surface area contributed by atoms with Gasteiger partial charge in [-0.2, -0.15) is 0 Å². The summed E-state index contributed by atoms with van der Waals surface area (Å²) in [6, 6.07) is 11.9. The Morgan fingerprint density at radius 1 is 1.15 bits per heavy atom. The van der Waals surface area contributed by atoms with E-state index in [0.717, 1.165) is 4.47 Å². The van der Waals surface area contributed by atoms with Crippen LogP contribution in [0.3, 0.4) is 0 Å². The van der Waals surface area contributed by atoms with Crippen molar-refractivity contribution in [1.29, 1.82) is 0 Å². The standard InChI is InChI=1S/C19H20BrClN2O3/c1-19(2,3)23-18(25)12-5-4-6-14(9-12)22-17(24)11-26-16-8-7-13(20)10-15(16)21/h4-10H,11H2,1-3H3,(H,22,24)(H,23,25). The minimum atomic E-state index is -0.350. The van der Waals surface area contributed by atoms with E-state index in [1.54, 1.807) is 42.5 Å². The maximum absolute atomic E-state index is 12.2. The third-order valence-electron chi connectivity index (χ3n) is 3.15. The monoisotopic (exact) mass is 438 g/mol. The maximum atomic E-state index is 12.2. The zero-order valence-electron chi connectivity index (χ0n) is 14.7. The highest BCUT2D eigenvalue weighted by atomic mass is 79.9. The van der Waals surface area contributed by atoms with E-state index in [1.165, 1.54) is 0 Å². The molecule has 0 aliphatic carbocycles. The van der Waals surface area contributed by atoms with Gasteiger partial charge in [0.05, 0.1) is 5.02 Å². The molecule has 0 unspecified atom stereocenters. The highest BCUT2D eigenvalue weighted by molar-refractivity contribution is 9.10. The number of carbonyl (C=O) groups excluding carboxylic acids is 2. The third kappa shape index (κ3) is 6.35. The second kappa shape index (κ2) is 8.56. The summed E-state index contributed by atoms with van der Waals surface area (Å²) in [4.78, 5) is 24.3. The first-order valence-electron chi connectivity index (χ1n) is 7.94. The smallest absolute Gasteiger partial charge is 0.262 e. The number of amides is 2. The Morgan fingerprint density at radius 3 is 2.54 bits per heavy atom. The van der Waals surface area contributed by atoms with Crippen molar-refractivity contribution in [1.82, 2.24) is 5.32 Å². The lowest BCUT2D eigenvalue weighted by atomic mass is 10.1. The van der Waals surface area contributed by atoms with Gasteiger partial charge in [0.1, 0.15) is 5.75 Å². The lowest BCUT2D eigenvalue weighted by molar-refractivity contribution is -0.118. The van der Waals surface area contributed by atoms with Crippen LogP contribution in [0, 0.1) is 0 Å². The quantitative estimate of drug-likeness (QED) is 0.713. The zero-order valence-corrected chi connectivity index (χ0v) is 17.1. The van der Waals surface area contributed by atoms with Gasteiger partial charge in [-0.1, -0.05) is 33.6 Å². The van der Waals surface area contributed by atoms with Crippen LogP contribution < -0.4 is 15.4 Å². The number of halogens is 2. The van der Waals surface area contributed by atoms with E-state index >= 15 is 0 Å². The van der Waals surface area contributed by atoms with Crippen LogP contribution in [0.15, 0.2) is 46.9 Å². The molecule has 2 aromatic rings. The van der Waals surface area contributed by atoms with Gasteiger partial charge in [-0.05, 0) is 57.2 Å². The molecule has 0 radical (unpaired) electrons. The van der Waals surface area contributed by atoms with E-state index in [4.69, 9.17) is 16.3 Å². The molecule has 0 aliphatic rings. The van der Waals surface area contributed by atoms with Gasteiger partial charge in [0.25, 0.3) is 11.8 Å². The first-order valence-corrected chi connectivity index (χ1v) is 9.11. The van der Waals surface area contributed by atoms with Gasteiger partial charge in [-0.15, -0.1) is 0 Å². The summed E-state index contributed by atoms with van der Waals surface area (Å²) in [5, 5.41) is 5.99. The highest BCUT2D eigenvalue weighted by Gasteiger charge is 2.15. The molecule has 2 amide bonds. The molecule has 138 valence electrons. The fraction of sp³-hybridized carbons (Fsp3) is 0.263. The Bertz CT molecular complexity index is 819. The zero-order chi connectivity index (χ0) is 19.3. The maximum Gasteiger partial charge on any atom is 0.262 e. The van der Waals surface area contributed by atoms with Crippen molar-refractivity contribution in [3.8, 4) is 5.75 Å². The van der Waals surface area contributed by atoms with E-state index in [9.17, 15) is 9.59 Å². The normalized spacial score (nSPS) is 11.0. The molecule has 2 aromatic carbocycles. The Balaban J connectivity index is 1.96. The number of nitrogens with one attached hydrogen (secondary N) is 2. The number of hydrogen-bond donors (Lipinski definition) is 2. The third-order valence-corrected chi connectivity index (χ3v) is 3.94. The summed E-state index contributed by atoms with van der Waals surface area (Å²) in [5.74, 6) is -0.132. The number of carbonyl (C=O) groups is 2. The molecule has 0 saturated heterocycles. The van der Waals surface area contributed by atoms with Crippen molar-refractivity contribution in [2.75, 3.05) is 11.9 Å². The highest BCUT2D eigenvalue weighted by Crippen LogP contribution is 2.27. The van der Waals surface area contributed by atoms with Crippen LogP contribution in [-0.2, 0) is 4.79 Å². The number of anilines is 1. The molecule has 7 heteroatoms. The van der Waals surface area contributed by atoms with E-state index in [-0.39, 0.29) is 24.0 Å². The molecule has 0 aromatic heterocycles. The van der Waals surface area contributed by atoms with Crippen LogP contribution >= 0.6 is 27.5 Å². The predicted molar refractivity (Wildman–Crippen MR) is 107 cm³/mol. The predicted octanol–water partition coefficient (Wildman–Crippen LogP) is 4.65. The summed E-state index contributed by atoms with van der Waals surface area (Å²) >= 11 is 9.36. The molecule has 0 atom stereocenters.